The zero-order valence-electron chi connectivity index (χ0n) is 11.3. The van der Waals surface area contributed by atoms with Gasteiger partial charge in [0.05, 0.1) is 12.2 Å². The zero-order chi connectivity index (χ0) is 13.5. The molecule has 0 spiro atoms. The molecule has 0 fully saturated rings. The summed E-state index contributed by atoms with van der Waals surface area (Å²) in [4.78, 5) is 1.19. The number of nitrogens with two attached hydrogens (primary N) is 1. The van der Waals surface area contributed by atoms with Crippen molar-refractivity contribution in [3.63, 3.8) is 0 Å². The molecule has 0 saturated heterocycles. The van der Waals surface area contributed by atoms with Crippen LogP contribution in [-0.4, -0.2) is 12.2 Å². The lowest BCUT2D eigenvalue weighted by Gasteiger charge is -1.96. The van der Waals surface area contributed by atoms with E-state index in [1.807, 2.05) is 0 Å². The molecule has 4 nitrogen and oxygen atoms in total. The second kappa shape index (κ2) is 6.59. The van der Waals surface area contributed by atoms with Crippen molar-refractivity contribution in [3.8, 4) is 5.88 Å². The Labute approximate surface area is 108 Å². The number of nitrogen functional groups attached to an aromatic ring is 1. The second-order valence-corrected chi connectivity index (χ2v) is 4.20. The number of hydrogen-bond acceptors (Lipinski definition) is 3. The van der Waals surface area contributed by atoms with Gasteiger partial charge in [-0.15, -0.1) is 0 Å². The summed E-state index contributed by atoms with van der Waals surface area (Å²) in [5, 5.41) is 3.76. The van der Waals surface area contributed by atoms with E-state index in [0.717, 1.165) is 0 Å². The van der Waals surface area contributed by atoms with Crippen LogP contribution in [0.3, 0.4) is 0 Å². The summed E-state index contributed by atoms with van der Waals surface area (Å²) in [5.74, 6) is 5.77. The van der Waals surface area contributed by atoms with E-state index in [9.17, 15) is 0 Å². The summed E-state index contributed by atoms with van der Waals surface area (Å²) in [6, 6.07) is 10.0. The molecule has 4 heteroatoms. The smallest absolute Gasteiger partial charge is 0.281 e. The lowest BCUT2D eigenvalue weighted by Crippen LogP contribution is -2.47. The number of aromatic nitrogens is 2. The Kier molecular flexibility index (Phi) is 5.11. The van der Waals surface area contributed by atoms with Crippen LogP contribution in [-0.2, 0) is 0 Å². The molecule has 2 aromatic rings. The van der Waals surface area contributed by atoms with E-state index in [-0.39, 0.29) is 0 Å². The van der Waals surface area contributed by atoms with Crippen LogP contribution in [0.2, 0.25) is 0 Å². The van der Waals surface area contributed by atoms with Gasteiger partial charge in [0.1, 0.15) is 0 Å². The zero-order valence-corrected chi connectivity index (χ0v) is 11.3. The van der Waals surface area contributed by atoms with Crippen LogP contribution in [0.1, 0.15) is 16.7 Å². The van der Waals surface area contributed by atoms with Crippen LogP contribution in [0.5, 0.6) is 5.88 Å². The fourth-order valence-corrected chi connectivity index (χ4v) is 1.71. The van der Waals surface area contributed by atoms with Gasteiger partial charge in [0, 0.05) is 16.9 Å². The Morgan fingerprint density at radius 1 is 1.06 bits per heavy atom. The molecule has 0 bridgehead atoms. The standard InChI is InChI=1S/C9H12.C5H8N3O/c1-7-4-8(2)6-9(3)5-7;1-9-5-3-2-4-8(6)7-5/h4-6H,1-3H3;2-4H,1H3,(H2,6,7)/q;+1. The molecule has 0 radical (unpaired) electrons. The van der Waals surface area contributed by atoms with Gasteiger partial charge >= 0.3 is 0 Å². The molecule has 0 aliphatic carbocycles. The first-order valence-corrected chi connectivity index (χ1v) is 5.74. The second-order valence-electron chi connectivity index (χ2n) is 4.20. The molecule has 0 aliphatic rings. The van der Waals surface area contributed by atoms with E-state index in [1.165, 1.54) is 21.5 Å². The van der Waals surface area contributed by atoms with E-state index in [1.54, 1.807) is 25.4 Å². The minimum atomic E-state index is 0.514. The largest absolute Gasteiger partial charge is 0.477 e. The normalized spacial score (nSPS) is 9.33. The average Bonchev–Trinajstić information content (AvgIpc) is 2.27. The summed E-state index contributed by atoms with van der Waals surface area (Å²) >= 11 is 0. The lowest BCUT2D eigenvalue weighted by atomic mass is 10.1. The van der Waals surface area contributed by atoms with Crippen LogP contribution >= 0.6 is 0 Å². The van der Waals surface area contributed by atoms with E-state index in [4.69, 9.17) is 10.6 Å². The number of rotatable bonds is 1. The van der Waals surface area contributed by atoms with Gasteiger partial charge in [0.2, 0.25) is 6.20 Å². The third-order valence-corrected chi connectivity index (χ3v) is 2.27. The summed E-state index contributed by atoms with van der Waals surface area (Å²) in [5.41, 5.74) is 4.06. The first-order valence-electron chi connectivity index (χ1n) is 5.74. The molecule has 0 amide bonds. The maximum atomic E-state index is 5.26. The third kappa shape index (κ3) is 4.82. The summed E-state index contributed by atoms with van der Waals surface area (Å²) in [6.07, 6.45) is 1.63. The Balaban J connectivity index is 0.000000180. The molecule has 1 aromatic heterocycles. The number of nitrogens with zero attached hydrogens (tertiary/aromatic N) is 2. The van der Waals surface area contributed by atoms with Crippen LogP contribution in [0, 0.1) is 20.8 Å². The van der Waals surface area contributed by atoms with Gasteiger partial charge in [0.25, 0.3) is 5.88 Å². The first-order chi connectivity index (χ1) is 8.51. The first kappa shape index (κ1) is 14.0. The van der Waals surface area contributed by atoms with Gasteiger partial charge in [-0.25, -0.2) is 0 Å². The lowest BCUT2D eigenvalue weighted by molar-refractivity contribution is -0.700. The molecule has 1 heterocycles. The summed E-state index contributed by atoms with van der Waals surface area (Å²) < 4.78 is 4.78. The maximum absolute atomic E-state index is 5.26. The van der Waals surface area contributed by atoms with Gasteiger partial charge in [-0.05, 0) is 20.8 Å². The van der Waals surface area contributed by atoms with Gasteiger partial charge < -0.3 is 4.74 Å². The van der Waals surface area contributed by atoms with E-state index >= 15 is 0 Å². The van der Waals surface area contributed by atoms with Crippen molar-refractivity contribution in [1.82, 2.24) is 5.10 Å². The van der Waals surface area contributed by atoms with Crippen molar-refractivity contribution < 1.29 is 9.53 Å². The molecule has 96 valence electrons. The molecular formula is C14H20N3O+. The van der Waals surface area contributed by atoms with E-state index in [2.05, 4.69) is 44.1 Å². The molecule has 0 saturated carbocycles. The Morgan fingerprint density at radius 3 is 1.89 bits per heavy atom. The molecule has 2 N–H and O–H groups in total. The molecule has 18 heavy (non-hydrogen) atoms. The molecule has 1 aromatic carbocycles. The minimum Gasteiger partial charge on any atom is -0.477 e. The summed E-state index contributed by atoms with van der Waals surface area (Å²) in [6.45, 7) is 6.38. The highest BCUT2D eigenvalue weighted by Gasteiger charge is 1.96. The number of benzene rings is 1. The average molecular weight is 246 g/mol. The predicted octanol–water partition coefficient (Wildman–Crippen LogP) is 1.70. The number of aryl methyl sites for hydroxylation is 3. The minimum absolute atomic E-state index is 0.514. The highest BCUT2D eigenvalue weighted by molar-refractivity contribution is 5.27. The van der Waals surface area contributed by atoms with Crippen LogP contribution in [0.4, 0.5) is 0 Å². The molecule has 0 aliphatic heterocycles. The Hall–Kier alpha value is -2.10. The van der Waals surface area contributed by atoms with E-state index < -0.39 is 0 Å². The molecule has 0 unspecified atom stereocenters. The van der Waals surface area contributed by atoms with Gasteiger partial charge in [-0.2, -0.15) is 5.84 Å². The quantitative estimate of drug-likeness (QED) is 0.615. The fraction of sp³-hybridized carbons (Fsp3) is 0.286. The number of hydrogen-bond donors (Lipinski definition) is 1. The van der Waals surface area contributed by atoms with Crippen LogP contribution in [0.25, 0.3) is 0 Å². The predicted molar refractivity (Wildman–Crippen MR) is 71.8 cm³/mol. The molecule has 0 atom stereocenters. The maximum Gasteiger partial charge on any atom is 0.281 e. The van der Waals surface area contributed by atoms with Gasteiger partial charge in [-0.3, -0.25) is 0 Å². The molecule has 2 rings (SSSR count). The van der Waals surface area contributed by atoms with Gasteiger partial charge in [-0.1, -0.05) is 34.9 Å². The van der Waals surface area contributed by atoms with Crippen molar-refractivity contribution >= 4 is 0 Å². The topological polar surface area (TPSA) is 52.0 Å². The fourth-order valence-electron chi connectivity index (χ4n) is 1.71. The van der Waals surface area contributed by atoms with Gasteiger partial charge in [0.15, 0.2) is 0 Å². The van der Waals surface area contributed by atoms with Crippen molar-refractivity contribution in [3.05, 3.63) is 53.2 Å². The number of methoxy groups -OCH3 is 1. The van der Waals surface area contributed by atoms with E-state index in [0.29, 0.717) is 5.88 Å². The third-order valence-electron chi connectivity index (χ3n) is 2.27. The van der Waals surface area contributed by atoms with Crippen molar-refractivity contribution in [2.45, 2.75) is 20.8 Å². The van der Waals surface area contributed by atoms with Crippen molar-refractivity contribution in [2.24, 2.45) is 0 Å². The molecular weight excluding hydrogens is 226 g/mol. The van der Waals surface area contributed by atoms with Crippen LogP contribution < -0.4 is 15.4 Å². The highest BCUT2D eigenvalue weighted by Crippen LogP contribution is 2.06. The van der Waals surface area contributed by atoms with Crippen molar-refractivity contribution in [1.29, 1.82) is 0 Å². The van der Waals surface area contributed by atoms with Crippen LogP contribution in [0.15, 0.2) is 36.5 Å². The van der Waals surface area contributed by atoms with Crippen molar-refractivity contribution in [2.75, 3.05) is 13.0 Å². The highest BCUT2D eigenvalue weighted by atomic mass is 16.5. The monoisotopic (exact) mass is 246 g/mol. The Morgan fingerprint density at radius 2 is 1.56 bits per heavy atom. The summed E-state index contributed by atoms with van der Waals surface area (Å²) in [7, 11) is 1.54. The Bertz CT molecular complexity index is 462. The SMILES string of the molecule is COc1ccc[n+](N)n1.Cc1cc(C)cc(C)c1. The number of ether oxygens (including phenoxy) is 1.